The maximum Gasteiger partial charge on any atom is 0.422 e. The van der Waals surface area contributed by atoms with Gasteiger partial charge < -0.3 is 4.74 Å². The van der Waals surface area contributed by atoms with Crippen molar-refractivity contribution in [1.29, 1.82) is 0 Å². The molecule has 0 radical (unpaired) electrons. The largest absolute Gasteiger partial charge is 0.484 e. The summed E-state index contributed by atoms with van der Waals surface area (Å²) >= 11 is 0. The molecule has 0 heterocycles. The van der Waals surface area contributed by atoms with Gasteiger partial charge in [-0.1, -0.05) is 69.7 Å². The summed E-state index contributed by atoms with van der Waals surface area (Å²) < 4.78 is 56.8. The first-order chi connectivity index (χ1) is 16.8. The van der Waals surface area contributed by atoms with Gasteiger partial charge in [-0.05, 0) is 85.1 Å². The van der Waals surface area contributed by atoms with Crippen molar-refractivity contribution in [3.63, 3.8) is 0 Å². The molecule has 0 spiro atoms. The molecule has 1 nitrogen and oxygen atoms in total. The molecule has 2 fully saturated rings. The van der Waals surface area contributed by atoms with Crippen molar-refractivity contribution in [1.82, 2.24) is 0 Å². The van der Waals surface area contributed by atoms with Crippen molar-refractivity contribution in [3.05, 3.63) is 53.8 Å². The lowest BCUT2D eigenvalue weighted by atomic mass is 9.63. The van der Waals surface area contributed by atoms with Gasteiger partial charge in [-0.15, -0.1) is 0 Å². The highest BCUT2D eigenvalue weighted by Crippen LogP contribution is 2.48. The summed E-state index contributed by atoms with van der Waals surface area (Å²) in [6, 6.07) is 11.7. The van der Waals surface area contributed by atoms with E-state index in [9.17, 15) is 13.2 Å². The molecule has 2 aliphatic carbocycles. The van der Waals surface area contributed by atoms with Crippen LogP contribution in [0.5, 0.6) is 5.75 Å². The van der Waals surface area contributed by atoms with Crippen LogP contribution in [0.3, 0.4) is 0 Å². The van der Waals surface area contributed by atoms with E-state index < -0.39 is 12.8 Å². The Labute approximate surface area is 207 Å². The molecule has 0 aromatic heterocycles. The molecule has 0 bridgehead atoms. The monoisotopic (exact) mass is 490 g/mol. The zero-order chi connectivity index (χ0) is 24.8. The quantitative estimate of drug-likeness (QED) is 0.251. The number of unbranched alkanes of at least 4 members (excludes halogenated alkanes) is 3. The van der Waals surface area contributed by atoms with Gasteiger partial charge in [0.25, 0.3) is 0 Å². The number of rotatable bonds is 9. The molecule has 2 saturated carbocycles. The minimum Gasteiger partial charge on any atom is -0.484 e. The molecule has 1 unspecified atom stereocenters. The van der Waals surface area contributed by atoms with Crippen LogP contribution in [0.4, 0.5) is 17.6 Å². The highest BCUT2D eigenvalue weighted by molar-refractivity contribution is 5.65. The van der Waals surface area contributed by atoms with Gasteiger partial charge >= 0.3 is 6.18 Å². The molecule has 35 heavy (non-hydrogen) atoms. The van der Waals surface area contributed by atoms with E-state index in [-0.39, 0.29) is 11.6 Å². The number of halogens is 4. The van der Waals surface area contributed by atoms with E-state index in [1.807, 2.05) is 12.1 Å². The van der Waals surface area contributed by atoms with Crippen LogP contribution in [0.2, 0.25) is 0 Å². The Bertz CT molecular complexity index is 936. The van der Waals surface area contributed by atoms with Crippen LogP contribution in [0, 0.1) is 23.6 Å². The van der Waals surface area contributed by atoms with E-state index in [4.69, 9.17) is 4.74 Å². The van der Waals surface area contributed by atoms with Crippen LogP contribution in [-0.4, -0.2) is 12.8 Å². The van der Waals surface area contributed by atoms with Crippen molar-refractivity contribution in [2.45, 2.75) is 89.6 Å². The first-order valence-corrected chi connectivity index (χ1v) is 13.4. The summed E-state index contributed by atoms with van der Waals surface area (Å²) in [4.78, 5) is 0. The molecule has 192 valence electrons. The minimum atomic E-state index is -4.38. The Balaban J connectivity index is 1.32. The third-order valence-electron chi connectivity index (χ3n) is 8.22. The Morgan fingerprint density at radius 1 is 0.857 bits per heavy atom. The normalized spacial score (nSPS) is 24.7. The maximum absolute atomic E-state index is 15.1. The predicted octanol–water partition coefficient (Wildman–Crippen LogP) is 9.70. The Kier molecular flexibility index (Phi) is 8.77. The van der Waals surface area contributed by atoms with E-state index >= 15 is 4.39 Å². The van der Waals surface area contributed by atoms with E-state index in [0.717, 1.165) is 36.2 Å². The van der Waals surface area contributed by atoms with Crippen LogP contribution in [0.25, 0.3) is 11.1 Å². The average Bonchev–Trinajstić information content (AvgIpc) is 2.85. The lowest BCUT2D eigenvalue weighted by Crippen LogP contribution is -2.30. The van der Waals surface area contributed by atoms with E-state index in [1.54, 1.807) is 18.2 Å². The summed E-state index contributed by atoms with van der Waals surface area (Å²) in [5.41, 5.74) is 2.18. The number of ether oxygens (including phenoxy) is 1. The van der Waals surface area contributed by atoms with Crippen molar-refractivity contribution >= 4 is 0 Å². The van der Waals surface area contributed by atoms with Crippen molar-refractivity contribution in [2.24, 2.45) is 17.8 Å². The van der Waals surface area contributed by atoms with Crippen LogP contribution in [0.1, 0.15) is 89.0 Å². The average molecular weight is 491 g/mol. The Morgan fingerprint density at radius 3 is 2.31 bits per heavy atom. The van der Waals surface area contributed by atoms with Gasteiger partial charge in [0.05, 0.1) is 0 Å². The Hall–Kier alpha value is -2.04. The number of alkyl halides is 3. The van der Waals surface area contributed by atoms with Crippen molar-refractivity contribution in [3.8, 4) is 16.9 Å². The second-order valence-electron chi connectivity index (χ2n) is 10.7. The Morgan fingerprint density at radius 2 is 1.60 bits per heavy atom. The third-order valence-corrected chi connectivity index (χ3v) is 8.22. The fourth-order valence-corrected chi connectivity index (χ4v) is 6.33. The summed E-state index contributed by atoms with van der Waals surface area (Å²) in [5.74, 6) is 2.79. The van der Waals surface area contributed by atoms with Gasteiger partial charge in [0.1, 0.15) is 11.6 Å². The van der Waals surface area contributed by atoms with Gasteiger partial charge in [0, 0.05) is 5.56 Å². The number of hydrogen-bond donors (Lipinski definition) is 0. The molecule has 2 aromatic rings. The van der Waals surface area contributed by atoms with Gasteiger partial charge in [0.15, 0.2) is 6.61 Å². The summed E-state index contributed by atoms with van der Waals surface area (Å²) in [7, 11) is 0. The molecular formula is C30H38F4O. The first kappa shape index (κ1) is 26.0. The first-order valence-electron chi connectivity index (χ1n) is 13.4. The molecule has 4 rings (SSSR count). The van der Waals surface area contributed by atoms with Gasteiger partial charge in [-0.2, -0.15) is 13.2 Å². The van der Waals surface area contributed by atoms with E-state index in [2.05, 4.69) is 6.92 Å². The number of benzene rings is 2. The highest BCUT2D eigenvalue weighted by Gasteiger charge is 2.36. The van der Waals surface area contributed by atoms with E-state index in [1.165, 1.54) is 69.9 Å². The number of hydrogen-bond acceptors (Lipinski definition) is 1. The SMILES string of the molecule is CCCCCCC1CC[C@@H]2C[C@H](c3ccc(-c4ccc(OCC(F)(F)F)cc4)c(F)c3)CC[C@@H]2C1. The lowest BCUT2D eigenvalue weighted by molar-refractivity contribution is -0.153. The van der Waals surface area contributed by atoms with Crippen LogP contribution in [0.15, 0.2) is 42.5 Å². The fraction of sp³-hybridized carbons (Fsp3) is 0.600. The second kappa shape index (κ2) is 11.8. The van der Waals surface area contributed by atoms with Gasteiger partial charge in [-0.3, -0.25) is 0 Å². The topological polar surface area (TPSA) is 9.23 Å². The fourth-order valence-electron chi connectivity index (χ4n) is 6.33. The summed E-state index contributed by atoms with van der Waals surface area (Å²) in [6.07, 6.45) is 10.0. The third kappa shape index (κ3) is 7.24. The lowest BCUT2D eigenvalue weighted by Gasteiger charge is -2.42. The van der Waals surface area contributed by atoms with Crippen LogP contribution >= 0.6 is 0 Å². The van der Waals surface area contributed by atoms with Gasteiger partial charge in [0.2, 0.25) is 0 Å². The van der Waals surface area contributed by atoms with Crippen LogP contribution in [-0.2, 0) is 0 Å². The molecular weight excluding hydrogens is 452 g/mol. The standard InChI is InChI=1S/C30H38F4O/c1-2-3-4-5-6-21-7-8-24-18-25(10-9-23(24)17-21)26-13-16-28(29(31)19-26)22-11-14-27(15-12-22)35-20-30(32,33)34/h11-16,19,21,23-25H,2-10,17-18,20H2,1H3/t21?,23-,24-,25-/m1/s1. The zero-order valence-corrected chi connectivity index (χ0v) is 20.8. The maximum atomic E-state index is 15.1. The van der Waals surface area contributed by atoms with Crippen molar-refractivity contribution in [2.75, 3.05) is 6.61 Å². The van der Waals surface area contributed by atoms with E-state index in [0.29, 0.717) is 17.0 Å². The van der Waals surface area contributed by atoms with Gasteiger partial charge in [-0.25, -0.2) is 4.39 Å². The molecule has 0 N–H and O–H groups in total. The smallest absolute Gasteiger partial charge is 0.422 e. The summed E-state index contributed by atoms with van der Waals surface area (Å²) in [6.45, 7) is 0.930. The zero-order valence-electron chi connectivity index (χ0n) is 20.8. The number of fused-ring (bicyclic) bond motifs is 1. The molecule has 2 aromatic carbocycles. The molecule has 0 amide bonds. The second-order valence-corrected chi connectivity index (χ2v) is 10.7. The highest BCUT2D eigenvalue weighted by atomic mass is 19.4. The predicted molar refractivity (Wildman–Crippen MR) is 133 cm³/mol. The molecule has 5 heteroatoms. The molecule has 4 atom stereocenters. The molecule has 0 aliphatic heterocycles. The van der Waals surface area contributed by atoms with Crippen molar-refractivity contribution < 1.29 is 22.3 Å². The molecule has 2 aliphatic rings. The summed E-state index contributed by atoms with van der Waals surface area (Å²) in [5, 5.41) is 0. The minimum absolute atomic E-state index is 0.121. The van der Waals surface area contributed by atoms with Crippen LogP contribution < -0.4 is 4.74 Å². The molecule has 0 saturated heterocycles.